The highest BCUT2D eigenvalue weighted by Gasteiger charge is 2.58. The van der Waals surface area contributed by atoms with E-state index in [4.69, 9.17) is 0 Å². The number of carbonyl (C=O) groups is 4. The van der Waals surface area contributed by atoms with Crippen LogP contribution in [0.4, 0.5) is 0 Å². The van der Waals surface area contributed by atoms with E-state index in [-0.39, 0.29) is 35.6 Å². The maximum absolute atomic E-state index is 13.7. The Bertz CT molecular complexity index is 1340. The molecule has 1 saturated heterocycles. The largest absolute Gasteiger partial charge is 0.507 e. The molecule has 5 rings (SSSR count). The molecule has 4 atom stereocenters. The van der Waals surface area contributed by atoms with Crippen molar-refractivity contribution in [1.82, 2.24) is 4.90 Å². The molecule has 6 heteroatoms. The van der Waals surface area contributed by atoms with E-state index in [1.807, 2.05) is 32.9 Å². The molecule has 4 aliphatic rings. The number of imide groups is 1. The number of amides is 2. The van der Waals surface area contributed by atoms with E-state index >= 15 is 0 Å². The van der Waals surface area contributed by atoms with Gasteiger partial charge in [0.1, 0.15) is 5.75 Å². The van der Waals surface area contributed by atoms with E-state index in [9.17, 15) is 24.3 Å². The minimum atomic E-state index is -0.656. The van der Waals surface area contributed by atoms with Gasteiger partial charge in [0.2, 0.25) is 11.8 Å². The van der Waals surface area contributed by atoms with Crippen LogP contribution in [0.5, 0.6) is 5.75 Å². The fourth-order valence-corrected chi connectivity index (χ4v) is 6.54. The topological polar surface area (TPSA) is 91.8 Å². The third kappa shape index (κ3) is 3.38. The maximum Gasteiger partial charge on any atom is 0.234 e. The number of nitrogens with zero attached hydrogens (tertiary/aromatic N) is 1. The van der Waals surface area contributed by atoms with Gasteiger partial charge in [0.25, 0.3) is 0 Å². The zero-order valence-corrected chi connectivity index (χ0v) is 21.1. The lowest BCUT2D eigenvalue weighted by Crippen LogP contribution is -2.46. The second-order valence-corrected chi connectivity index (χ2v) is 11.3. The minimum Gasteiger partial charge on any atom is -0.507 e. The molecule has 0 radical (unpaired) electrons. The zero-order chi connectivity index (χ0) is 26.1. The number of para-hydroxylation sites is 1. The molecule has 0 aromatic heterocycles. The Balaban J connectivity index is 1.71. The first kappa shape index (κ1) is 24.2. The third-order valence-electron chi connectivity index (χ3n) is 8.06. The molecule has 0 saturated carbocycles. The Labute approximate surface area is 211 Å². The molecule has 2 amide bonds. The predicted molar refractivity (Wildman–Crippen MR) is 135 cm³/mol. The second kappa shape index (κ2) is 8.26. The van der Waals surface area contributed by atoms with Crippen LogP contribution >= 0.6 is 0 Å². The SMILES string of the molecule is C=CCc1cccc(C2C3=CCC4C(=O)N(C(C)(C)C)C(=O)C4C3CC3=C2C(=O)C(C)=CC3=O)c1O. The summed E-state index contributed by atoms with van der Waals surface area (Å²) in [4.78, 5) is 55.1. The molecule has 0 bridgehead atoms. The van der Waals surface area contributed by atoms with E-state index in [2.05, 4.69) is 6.58 Å². The Morgan fingerprint density at radius 3 is 2.50 bits per heavy atom. The molecule has 1 aromatic rings. The number of phenols is 1. The number of ketones is 2. The van der Waals surface area contributed by atoms with Gasteiger partial charge in [-0.1, -0.05) is 35.9 Å². The van der Waals surface area contributed by atoms with Crippen molar-refractivity contribution in [2.75, 3.05) is 0 Å². The summed E-state index contributed by atoms with van der Waals surface area (Å²) in [5.74, 6) is -2.92. The number of likely N-dealkylation sites (tertiary alicyclic amines) is 1. The summed E-state index contributed by atoms with van der Waals surface area (Å²) >= 11 is 0. The maximum atomic E-state index is 13.7. The van der Waals surface area contributed by atoms with Crippen LogP contribution in [-0.4, -0.2) is 38.9 Å². The lowest BCUT2D eigenvalue weighted by molar-refractivity contribution is -0.145. The van der Waals surface area contributed by atoms with Gasteiger partial charge in [-0.3, -0.25) is 24.1 Å². The van der Waals surface area contributed by atoms with E-state index in [1.54, 1.807) is 25.1 Å². The second-order valence-electron chi connectivity index (χ2n) is 11.3. The van der Waals surface area contributed by atoms with Gasteiger partial charge >= 0.3 is 0 Å². The Morgan fingerprint density at radius 2 is 1.83 bits per heavy atom. The molecule has 4 unspecified atom stereocenters. The molecule has 1 fully saturated rings. The molecule has 186 valence electrons. The van der Waals surface area contributed by atoms with Crippen LogP contribution in [0.3, 0.4) is 0 Å². The highest BCUT2D eigenvalue weighted by atomic mass is 16.3. The van der Waals surface area contributed by atoms with Crippen molar-refractivity contribution in [3.05, 3.63) is 76.4 Å². The Hall–Kier alpha value is -3.54. The Morgan fingerprint density at radius 1 is 1.11 bits per heavy atom. The van der Waals surface area contributed by atoms with Gasteiger partial charge in [-0.05, 0) is 64.5 Å². The number of carbonyl (C=O) groups excluding carboxylic acids is 4. The van der Waals surface area contributed by atoms with Crippen molar-refractivity contribution in [1.29, 1.82) is 0 Å². The standard InChI is InChI=1S/C30H31NO5/c1-6-8-16-9-7-10-18(27(16)34)23-17-11-12-19-24(29(36)31(28(19)35)30(3,4)5)20(17)14-21-22(32)13-15(2)26(33)25(21)23/h6-7,9-11,13,19-20,23-24,34H,1,8,12,14H2,2-5H3. The predicted octanol–water partition coefficient (Wildman–Crippen LogP) is 4.35. The van der Waals surface area contributed by atoms with Gasteiger partial charge in [0, 0.05) is 33.7 Å². The summed E-state index contributed by atoms with van der Waals surface area (Å²) in [6, 6.07) is 5.41. The first-order valence-corrected chi connectivity index (χ1v) is 12.5. The van der Waals surface area contributed by atoms with E-state index in [1.165, 1.54) is 11.0 Å². The van der Waals surface area contributed by atoms with Gasteiger partial charge in [0.15, 0.2) is 11.6 Å². The summed E-state index contributed by atoms with van der Waals surface area (Å²) in [7, 11) is 0. The average Bonchev–Trinajstić information content (AvgIpc) is 3.08. The molecule has 6 nitrogen and oxygen atoms in total. The van der Waals surface area contributed by atoms with Crippen LogP contribution in [0.2, 0.25) is 0 Å². The molecule has 36 heavy (non-hydrogen) atoms. The van der Waals surface area contributed by atoms with Crippen molar-refractivity contribution in [2.24, 2.45) is 17.8 Å². The summed E-state index contributed by atoms with van der Waals surface area (Å²) in [5, 5.41) is 11.3. The van der Waals surface area contributed by atoms with E-state index in [0.717, 1.165) is 5.57 Å². The first-order valence-electron chi connectivity index (χ1n) is 12.5. The number of fused-ring (bicyclic) bond motifs is 3. The minimum absolute atomic E-state index is 0.0653. The molecule has 1 aromatic carbocycles. The van der Waals surface area contributed by atoms with Gasteiger partial charge in [-0.15, -0.1) is 6.58 Å². The van der Waals surface area contributed by atoms with Crippen molar-refractivity contribution in [3.8, 4) is 5.75 Å². The number of hydrogen-bond acceptors (Lipinski definition) is 5. The zero-order valence-electron chi connectivity index (χ0n) is 21.1. The Kier molecular flexibility index (Phi) is 5.54. The van der Waals surface area contributed by atoms with E-state index in [0.29, 0.717) is 40.7 Å². The average molecular weight is 486 g/mol. The molecular weight excluding hydrogens is 454 g/mol. The van der Waals surface area contributed by atoms with Crippen LogP contribution in [0.25, 0.3) is 0 Å². The molecule has 3 aliphatic carbocycles. The fraction of sp³-hybridized carbons (Fsp3) is 0.400. The van der Waals surface area contributed by atoms with Gasteiger partial charge in [-0.2, -0.15) is 0 Å². The van der Waals surface area contributed by atoms with Gasteiger partial charge < -0.3 is 5.11 Å². The molecule has 1 heterocycles. The van der Waals surface area contributed by atoms with Crippen molar-refractivity contribution in [3.63, 3.8) is 0 Å². The van der Waals surface area contributed by atoms with Crippen molar-refractivity contribution < 1.29 is 24.3 Å². The molecular formula is C30H31NO5. The van der Waals surface area contributed by atoms with Crippen molar-refractivity contribution in [2.45, 2.75) is 58.4 Å². The quantitative estimate of drug-likeness (QED) is 0.391. The summed E-state index contributed by atoms with van der Waals surface area (Å²) in [6.45, 7) is 10.9. The summed E-state index contributed by atoms with van der Waals surface area (Å²) in [5.41, 5.74) is 2.54. The number of hydrogen-bond donors (Lipinski definition) is 1. The number of Topliss-reactive ketones (excluding diaryl/α,β-unsaturated/α-hetero) is 1. The number of aromatic hydroxyl groups is 1. The summed E-state index contributed by atoms with van der Waals surface area (Å²) < 4.78 is 0. The van der Waals surface area contributed by atoms with Gasteiger partial charge in [0.05, 0.1) is 11.8 Å². The van der Waals surface area contributed by atoms with Crippen LogP contribution < -0.4 is 0 Å². The first-order chi connectivity index (χ1) is 17.0. The lowest BCUT2D eigenvalue weighted by Gasteiger charge is -2.42. The van der Waals surface area contributed by atoms with Crippen LogP contribution in [0.15, 0.2) is 65.3 Å². The van der Waals surface area contributed by atoms with Crippen LogP contribution in [-0.2, 0) is 25.6 Å². The lowest BCUT2D eigenvalue weighted by atomic mass is 9.59. The smallest absolute Gasteiger partial charge is 0.234 e. The highest BCUT2D eigenvalue weighted by Crippen LogP contribution is 2.56. The summed E-state index contributed by atoms with van der Waals surface area (Å²) in [6.07, 6.45) is 6.11. The van der Waals surface area contributed by atoms with Gasteiger partial charge in [-0.25, -0.2) is 0 Å². The number of rotatable bonds is 3. The van der Waals surface area contributed by atoms with Crippen LogP contribution in [0, 0.1) is 17.8 Å². The fourth-order valence-electron chi connectivity index (χ4n) is 6.54. The normalized spacial score (nSPS) is 27.9. The molecule has 1 N–H and O–H groups in total. The number of benzene rings is 1. The van der Waals surface area contributed by atoms with Crippen molar-refractivity contribution >= 4 is 23.4 Å². The number of allylic oxidation sites excluding steroid dienone is 7. The molecule has 1 aliphatic heterocycles. The number of phenolic OH excluding ortho intramolecular Hbond substituents is 1. The third-order valence-corrected chi connectivity index (χ3v) is 8.06. The monoisotopic (exact) mass is 485 g/mol. The van der Waals surface area contributed by atoms with Crippen LogP contribution in [0.1, 0.15) is 57.6 Å². The highest BCUT2D eigenvalue weighted by molar-refractivity contribution is 6.24. The van der Waals surface area contributed by atoms with E-state index < -0.39 is 29.2 Å². The molecule has 0 spiro atoms.